The summed E-state index contributed by atoms with van der Waals surface area (Å²) in [6, 6.07) is 7.23. The molecule has 9 nitrogen and oxygen atoms in total. The molecular formula is C22H22N6O3. The third kappa shape index (κ3) is 3.79. The summed E-state index contributed by atoms with van der Waals surface area (Å²) in [7, 11) is 0. The fourth-order valence-corrected chi connectivity index (χ4v) is 3.84. The predicted octanol–water partition coefficient (Wildman–Crippen LogP) is 1.59. The van der Waals surface area contributed by atoms with Crippen molar-refractivity contribution in [2.75, 3.05) is 19.6 Å². The molecule has 3 aromatic rings. The molecule has 1 saturated heterocycles. The molecule has 31 heavy (non-hydrogen) atoms. The number of likely N-dealkylation sites (tertiary alicyclic amines) is 1. The molecule has 1 atom stereocenters. The average molecular weight is 418 g/mol. The van der Waals surface area contributed by atoms with Gasteiger partial charge in [-0.05, 0) is 31.1 Å². The number of para-hydroxylation sites is 2. The number of carbonyl (C=O) groups excluding carboxylic acids is 2. The van der Waals surface area contributed by atoms with Crippen LogP contribution in [0.4, 0.5) is 0 Å². The number of hydrogen-bond donors (Lipinski definition) is 2. The quantitative estimate of drug-likeness (QED) is 0.647. The monoisotopic (exact) mass is 418 g/mol. The van der Waals surface area contributed by atoms with Crippen LogP contribution in [0.5, 0.6) is 5.88 Å². The lowest BCUT2D eigenvalue weighted by Crippen LogP contribution is -2.56. The molecule has 5 rings (SSSR count). The average Bonchev–Trinajstić information content (AvgIpc) is 3.20. The highest BCUT2D eigenvalue weighted by Gasteiger charge is 2.35. The molecule has 9 heteroatoms. The summed E-state index contributed by atoms with van der Waals surface area (Å²) >= 11 is 0. The van der Waals surface area contributed by atoms with Crippen LogP contribution in [0, 0.1) is 0 Å². The Hall–Kier alpha value is -3.59. The Kier molecular flexibility index (Phi) is 4.95. The number of ketones is 1. The second-order valence-corrected chi connectivity index (χ2v) is 7.75. The third-order valence-electron chi connectivity index (χ3n) is 5.54. The summed E-state index contributed by atoms with van der Waals surface area (Å²) < 4.78 is 6.06. The molecule has 0 spiro atoms. The molecule has 1 amide bonds. The maximum Gasteiger partial charge on any atom is 0.289 e. The predicted molar refractivity (Wildman–Crippen MR) is 114 cm³/mol. The summed E-state index contributed by atoms with van der Waals surface area (Å²) in [6.07, 6.45) is 5.65. The number of nitrogens with zero attached hydrogens (tertiary/aromatic N) is 4. The van der Waals surface area contributed by atoms with Gasteiger partial charge in [0.1, 0.15) is 11.8 Å². The van der Waals surface area contributed by atoms with E-state index >= 15 is 0 Å². The lowest BCUT2D eigenvalue weighted by molar-refractivity contribution is -0.117. The van der Waals surface area contributed by atoms with Gasteiger partial charge in [-0.15, -0.1) is 0 Å². The number of imidazole rings is 1. The lowest BCUT2D eigenvalue weighted by Gasteiger charge is -2.38. The zero-order chi connectivity index (χ0) is 21.4. The number of aromatic nitrogens is 4. The minimum atomic E-state index is -0.320. The van der Waals surface area contributed by atoms with E-state index in [1.165, 1.54) is 0 Å². The van der Waals surface area contributed by atoms with Crippen LogP contribution in [0.1, 0.15) is 29.7 Å². The maximum atomic E-state index is 12.7. The molecule has 1 fully saturated rings. The molecule has 2 aliphatic heterocycles. The molecule has 0 radical (unpaired) electrons. The van der Waals surface area contributed by atoms with Gasteiger partial charge in [-0.2, -0.15) is 0 Å². The first-order valence-electron chi connectivity index (χ1n) is 10.2. The van der Waals surface area contributed by atoms with Crippen LogP contribution >= 0.6 is 0 Å². The van der Waals surface area contributed by atoms with Crippen LogP contribution in [-0.4, -0.2) is 68.3 Å². The van der Waals surface area contributed by atoms with Gasteiger partial charge in [0.25, 0.3) is 5.91 Å². The van der Waals surface area contributed by atoms with Crippen molar-refractivity contribution in [1.29, 1.82) is 0 Å². The number of H-pyrrole nitrogens is 1. The maximum absolute atomic E-state index is 12.7. The number of fused-ring (bicyclic) bond motifs is 1. The molecule has 0 saturated carbocycles. The van der Waals surface area contributed by atoms with Crippen molar-refractivity contribution in [1.82, 2.24) is 30.2 Å². The Morgan fingerprint density at radius 2 is 1.97 bits per heavy atom. The van der Waals surface area contributed by atoms with Crippen molar-refractivity contribution >= 4 is 28.3 Å². The molecule has 158 valence electrons. The van der Waals surface area contributed by atoms with Crippen LogP contribution in [-0.2, 0) is 4.79 Å². The highest BCUT2D eigenvalue weighted by molar-refractivity contribution is 5.94. The number of carbonyl (C=O) groups is 2. The second-order valence-electron chi connectivity index (χ2n) is 7.75. The number of Topliss-reactive ketones (excluding diaryl/α,β-unsaturated/α-hetero) is 1. The van der Waals surface area contributed by atoms with E-state index in [0.717, 1.165) is 23.0 Å². The van der Waals surface area contributed by atoms with Crippen molar-refractivity contribution in [3.8, 4) is 5.88 Å². The number of amides is 1. The van der Waals surface area contributed by atoms with Gasteiger partial charge in [-0.3, -0.25) is 9.59 Å². The van der Waals surface area contributed by atoms with Crippen molar-refractivity contribution in [3.63, 3.8) is 0 Å². The number of benzene rings is 1. The normalized spacial score (nSPS) is 19.1. The Morgan fingerprint density at radius 3 is 2.77 bits per heavy atom. The van der Waals surface area contributed by atoms with E-state index in [1.807, 2.05) is 30.3 Å². The van der Waals surface area contributed by atoms with Crippen molar-refractivity contribution in [3.05, 3.63) is 54.3 Å². The van der Waals surface area contributed by atoms with Gasteiger partial charge in [0.05, 0.1) is 30.2 Å². The van der Waals surface area contributed by atoms with E-state index in [2.05, 4.69) is 25.3 Å². The summed E-state index contributed by atoms with van der Waals surface area (Å²) in [5.41, 5.74) is 3.19. The third-order valence-corrected chi connectivity index (χ3v) is 5.54. The van der Waals surface area contributed by atoms with Gasteiger partial charge in [0, 0.05) is 18.9 Å². The summed E-state index contributed by atoms with van der Waals surface area (Å²) in [4.78, 5) is 42.4. The molecule has 2 aliphatic rings. The van der Waals surface area contributed by atoms with Gasteiger partial charge < -0.3 is 19.9 Å². The number of hydrogen-bond acceptors (Lipinski definition) is 7. The molecule has 0 aliphatic carbocycles. The largest absolute Gasteiger partial charge is 0.469 e. The molecule has 0 bridgehead atoms. The van der Waals surface area contributed by atoms with Crippen molar-refractivity contribution in [2.24, 2.45) is 0 Å². The smallest absolute Gasteiger partial charge is 0.289 e. The summed E-state index contributed by atoms with van der Waals surface area (Å²) in [5, 5.41) is 3.18. The first-order chi connectivity index (χ1) is 15.1. The van der Waals surface area contributed by atoms with Gasteiger partial charge in [0.2, 0.25) is 5.88 Å². The van der Waals surface area contributed by atoms with Crippen LogP contribution in [0.25, 0.3) is 16.6 Å². The molecule has 4 heterocycles. The van der Waals surface area contributed by atoms with E-state index in [4.69, 9.17) is 4.74 Å². The Balaban J connectivity index is 1.26. The SMILES string of the molecule is CC(=O)C1C=C(c2nccnc2OC2CN(C(=O)c3nc4ccccc4[nH]3)C2)CCN1. The van der Waals surface area contributed by atoms with Crippen LogP contribution in [0.3, 0.4) is 0 Å². The van der Waals surface area contributed by atoms with Crippen LogP contribution in [0.15, 0.2) is 42.7 Å². The highest BCUT2D eigenvalue weighted by atomic mass is 16.5. The van der Waals surface area contributed by atoms with Crippen molar-refractivity contribution < 1.29 is 14.3 Å². The molecular weight excluding hydrogens is 396 g/mol. The zero-order valence-electron chi connectivity index (χ0n) is 17.0. The second kappa shape index (κ2) is 7.92. The first kappa shape index (κ1) is 19.4. The van der Waals surface area contributed by atoms with Crippen molar-refractivity contribution in [2.45, 2.75) is 25.5 Å². The van der Waals surface area contributed by atoms with Gasteiger partial charge in [-0.1, -0.05) is 18.2 Å². The minimum Gasteiger partial charge on any atom is -0.469 e. The lowest BCUT2D eigenvalue weighted by atomic mass is 9.99. The number of ether oxygens (including phenoxy) is 1. The minimum absolute atomic E-state index is 0.0577. The van der Waals surface area contributed by atoms with E-state index in [-0.39, 0.29) is 23.8 Å². The highest BCUT2D eigenvalue weighted by Crippen LogP contribution is 2.28. The first-order valence-corrected chi connectivity index (χ1v) is 10.2. The van der Waals surface area contributed by atoms with E-state index in [1.54, 1.807) is 24.2 Å². The molecule has 2 aromatic heterocycles. The van der Waals surface area contributed by atoms with Crippen LogP contribution in [0.2, 0.25) is 0 Å². The summed E-state index contributed by atoms with van der Waals surface area (Å²) in [6.45, 7) is 3.15. The number of aromatic amines is 1. The van der Waals surface area contributed by atoms with E-state index in [0.29, 0.717) is 37.0 Å². The standard InChI is InChI=1S/C22H22N6O3/c1-13(29)18-10-14(6-7-23-18)19-21(25-9-8-24-19)31-15-11-28(12-15)22(30)20-26-16-4-2-3-5-17(16)27-20/h2-5,8-10,15,18,23H,6-7,11-12H2,1H3,(H,26,27). The number of nitrogens with one attached hydrogen (secondary N) is 2. The van der Waals surface area contributed by atoms with Gasteiger partial charge in [-0.25, -0.2) is 15.0 Å². The van der Waals surface area contributed by atoms with E-state index < -0.39 is 0 Å². The molecule has 2 N–H and O–H groups in total. The topological polar surface area (TPSA) is 113 Å². The Labute approximate surface area is 178 Å². The fourth-order valence-electron chi connectivity index (χ4n) is 3.84. The molecule has 1 aromatic carbocycles. The number of rotatable bonds is 5. The Morgan fingerprint density at radius 1 is 1.16 bits per heavy atom. The fraction of sp³-hybridized carbons (Fsp3) is 0.318. The zero-order valence-corrected chi connectivity index (χ0v) is 17.0. The van der Waals surface area contributed by atoms with Gasteiger partial charge in [0.15, 0.2) is 11.6 Å². The van der Waals surface area contributed by atoms with Crippen LogP contribution < -0.4 is 10.1 Å². The van der Waals surface area contributed by atoms with E-state index in [9.17, 15) is 9.59 Å². The Bertz CT molecular complexity index is 1150. The molecule has 1 unspecified atom stereocenters. The summed E-state index contributed by atoms with van der Waals surface area (Å²) in [5.74, 6) is 0.664. The van der Waals surface area contributed by atoms with Gasteiger partial charge >= 0.3 is 0 Å².